The highest BCUT2D eigenvalue weighted by Gasteiger charge is 2.25. The molecule has 2 rings (SSSR count). The molecular formula is C14H21NO2. The summed E-state index contributed by atoms with van der Waals surface area (Å²) < 4.78 is 11.6. The summed E-state index contributed by atoms with van der Waals surface area (Å²) in [7, 11) is 0. The van der Waals surface area contributed by atoms with Crippen LogP contribution in [0, 0.1) is 0 Å². The van der Waals surface area contributed by atoms with E-state index in [4.69, 9.17) is 9.47 Å². The van der Waals surface area contributed by atoms with E-state index in [0.717, 1.165) is 30.0 Å². The molecule has 0 aliphatic heterocycles. The largest absolute Gasteiger partial charge is 0.486 e. The van der Waals surface area contributed by atoms with E-state index in [0.29, 0.717) is 12.0 Å². The Balaban J connectivity index is 2.22. The van der Waals surface area contributed by atoms with E-state index in [1.165, 1.54) is 0 Å². The van der Waals surface area contributed by atoms with Gasteiger partial charge in [-0.25, -0.2) is 0 Å². The van der Waals surface area contributed by atoms with E-state index in [2.05, 4.69) is 18.8 Å². The molecule has 0 atom stereocenters. The Kier molecular flexibility index (Phi) is 3.55. The minimum Gasteiger partial charge on any atom is -0.486 e. The maximum absolute atomic E-state index is 5.88. The van der Waals surface area contributed by atoms with Gasteiger partial charge in [0.1, 0.15) is 0 Å². The van der Waals surface area contributed by atoms with Crippen LogP contribution in [0.2, 0.25) is 0 Å². The van der Waals surface area contributed by atoms with Crippen molar-refractivity contribution in [3.8, 4) is 11.5 Å². The highest BCUT2D eigenvalue weighted by molar-refractivity contribution is 5.40. The molecule has 17 heavy (non-hydrogen) atoms. The molecular weight excluding hydrogens is 214 g/mol. The van der Waals surface area contributed by atoms with E-state index < -0.39 is 0 Å². The van der Waals surface area contributed by atoms with Crippen LogP contribution in [0.5, 0.6) is 11.5 Å². The van der Waals surface area contributed by atoms with Crippen molar-refractivity contribution in [2.75, 3.05) is 0 Å². The second-order valence-corrected chi connectivity index (χ2v) is 5.19. The van der Waals surface area contributed by atoms with Gasteiger partial charge in [-0.15, -0.1) is 0 Å². The summed E-state index contributed by atoms with van der Waals surface area (Å²) in [6.07, 6.45) is 4.61. The number of hydrogen-bond donors (Lipinski definition) is 0. The second-order valence-electron chi connectivity index (χ2n) is 5.19. The molecule has 3 heteroatoms. The van der Waals surface area contributed by atoms with Crippen molar-refractivity contribution in [1.29, 1.82) is 0 Å². The van der Waals surface area contributed by atoms with Crippen LogP contribution in [0.1, 0.15) is 52.1 Å². The van der Waals surface area contributed by atoms with Crippen molar-refractivity contribution in [2.24, 2.45) is 0 Å². The lowest BCUT2D eigenvalue weighted by molar-refractivity contribution is 0.216. The normalized spacial score (nSPS) is 15.4. The summed E-state index contributed by atoms with van der Waals surface area (Å²) in [5.74, 6) is 2.01. The predicted octanol–water partition coefficient (Wildman–Crippen LogP) is 3.53. The summed E-state index contributed by atoms with van der Waals surface area (Å²) in [5.41, 5.74) is 1.05. The molecule has 1 saturated carbocycles. The second kappa shape index (κ2) is 4.94. The number of nitrogens with zero attached hydrogens (tertiary/aromatic N) is 1. The molecule has 0 N–H and O–H groups in total. The quantitative estimate of drug-likeness (QED) is 0.782. The van der Waals surface area contributed by atoms with E-state index >= 15 is 0 Å². The number of rotatable bonds is 5. The average molecular weight is 235 g/mol. The Morgan fingerprint density at radius 1 is 1.18 bits per heavy atom. The molecule has 0 radical (unpaired) electrons. The van der Waals surface area contributed by atoms with E-state index in [9.17, 15) is 0 Å². The van der Waals surface area contributed by atoms with Gasteiger partial charge >= 0.3 is 0 Å². The van der Waals surface area contributed by atoms with Gasteiger partial charge in [0.2, 0.25) is 0 Å². The topological polar surface area (TPSA) is 31.4 Å². The Labute approximate surface area is 103 Å². The molecule has 0 bridgehead atoms. The number of aromatic nitrogens is 1. The fourth-order valence-corrected chi connectivity index (χ4v) is 1.56. The summed E-state index contributed by atoms with van der Waals surface area (Å²) in [5, 5.41) is 0. The first-order valence-electron chi connectivity index (χ1n) is 6.39. The van der Waals surface area contributed by atoms with Gasteiger partial charge in [-0.1, -0.05) is 13.8 Å². The zero-order valence-corrected chi connectivity index (χ0v) is 11.1. The van der Waals surface area contributed by atoms with Gasteiger partial charge in [-0.05, 0) is 32.6 Å². The van der Waals surface area contributed by atoms with Gasteiger partial charge in [-0.2, -0.15) is 0 Å². The highest BCUT2D eigenvalue weighted by Crippen LogP contribution is 2.35. The smallest absolute Gasteiger partial charge is 0.179 e. The van der Waals surface area contributed by atoms with Crippen LogP contribution in [0.4, 0.5) is 0 Å². The van der Waals surface area contributed by atoms with Crippen LogP contribution in [0.25, 0.3) is 0 Å². The summed E-state index contributed by atoms with van der Waals surface area (Å²) >= 11 is 0. The van der Waals surface area contributed by atoms with Gasteiger partial charge < -0.3 is 9.47 Å². The maximum atomic E-state index is 5.88. The SMILES string of the molecule is CC(C)Oc1cnc(C(C)C)cc1OC1CC1. The molecule has 1 aliphatic rings. The average Bonchev–Trinajstić information content (AvgIpc) is 3.03. The Bertz CT molecular complexity index is 384. The van der Waals surface area contributed by atoms with Gasteiger partial charge in [-0.3, -0.25) is 4.98 Å². The molecule has 0 saturated heterocycles. The fraction of sp³-hybridized carbons (Fsp3) is 0.643. The van der Waals surface area contributed by atoms with Crippen LogP contribution in [0.15, 0.2) is 12.3 Å². The molecule has 3 nitrogen and oxygen atoms in total. The summed E-state index contributed by atoms with van der Waals surface area (Å²) in [6, 6.07) is 2.01. The molecule has 1 fully saturated rings. The fourth-order valence-electron chi connectivity index (χ4n) is 1.56. The van der Waals surface area contributed by atoms with E-state index in [-0.39, 0.29) is 6.10 Å². The molecule has 0 unspecified atom stereocenters. The van der Waals surface area contributed by atoms with Gasteiger partial charge in [0.25, 0.3) is 0 Å². The number of hydrogen-bond acceptors (Lipinski definition) is 3. The highest BCUT2D eigenvalue weighted by atomic mass is 16.5. The van der Waals surface area contributed by atoms with Crippen molar-refractivity contribution < 1.29 is 9.47 Å². The molecule has 94 valence electrons. The van der Waals surface area contributed by atoms with Crippen molar-refractivity contribution in [3.63, 3.8) is 0 Å². The Morgan fingerprint density at radius 3 is 2.41 bits per heavy atom. The maximum Gasteiger partial charge on any atom is 0.179 e. The van der Waals surface area contributed by atoms with Crippen LogP contribution in [-0.2, 0) is 0 Å². The first-order valence-corrected chi connectivity index (χ1v) is 6.39. The van der Waals surface area contributed by atoms with Gasteiger partial charge in [0.15, 0.2) is 11.5 Å². The Morgan fingerprint density at radius 2 is 1.88 bits per heavy atom. The first-order chi connectivity index (χ1) is 8.06. The van der Waals surface area contributed by atoms with Crippen LogP contribution < -0.4 is 9.47 Å². The first kappa shape index (κ1) is 12.2. The lowest BCUT2D eigenvalue weighted by Gasteiger charge is -2.16. The van der Waals surface area contributed by atoms with Crippen LogP contribution in [-0.4, -0.2) is 17.2 Å². The monoisotopic (exact) mass is 235 g/mol. The molecule has 1 heterocycles. The van der Waals surface area contributed by atoms with E-state index in [1.807, 2.05) is 19.9 Å². The lowest BCUT2D eigenvalue weighted by atomic mass is 10.1. The molecule has 0 aromatic carbocycles. The summed E-state index contributed by atoms with van der Waals surface area (Å²) in [4.78, 5) is 4.41. The molecule has 0 amide bonds. The van der Waals surface area contributed by atoms with Crippen LogP contribution in [0.3, 0.4) is 0 Å². The summed E-state index contributed by atoms with van der Waals surface area (Å²) in [6.45, 7) is 8.28. The standard InChI is InChI=1S/C14H21NO2/c1-9(2)12-7-13(17-11-5-6-11)14(8-15-12)16-10(3)4/h7-11H,5-6H2,1-4H3. The molecule has 1 aliphatic carbocycles. The number of ether oxygens (including phenoxy) is 2. The minimum absolute atomic E-state index is 0.142. The van der Waals surface area contributed by atoms with Crippen molar-refractivity contribution in [1.82, 2.24) is 4.98 Å². The number of pyridine rings is 1. The lowest BCUT2D eigenvalue weighted by Crippen LogP contribution is -2.09. The third-order valence-corrected chi connectivity index (χ3v) is 2.62. The van der Waals surface area contributed by atoms with Crippen molar-refractivity contribution in [3.05, 3.63) is 18.0 Å². The molecule has 1 aromatic heterocycles. The van der Waals surface area contributed by atoms with Gasteiger partial charge in [0.05, 0.1) is 18.4 Å². The van der Waals surface area contributed by atoms with Crippen LogP contribution >= 0.6 is 0 Å². The molecule has 1 aromatic rings. The van der Waals surface area contributed by atoms with E-state index in [1.54, 1.807) is 6.20 Å². The minimum atomic E-state index is 0.142. The third kappa shape index (κ3) is 3.35. The molecule has 0 spiro atoms. The van der Waals surface area contributed by atoms with Gasteiger partial charge in [0, 0.05) is 11.8 Å². The predicted molar refractivity (Wildman–Crippen MR) is 67.7 cm³/mol. The van der Waals surface area contributed by atoms with Crippen molar-refractivity contribution in [2.45, 2.75) is 58.7 Å². The zero-order valence-electron chi connectivity index (χ0n) is 11.1. The van der Waals surface area contributed by atoms with Crippen molar-refractivity contribution >= 4 is 0 Å². The third-order valence-electron chi connectivity index (χ3n) is 2.62. The zero-order chi connectivity index (χ0) is 12.4. The Hall–Kier alpha value is -1.25.